The van der Waals surface area contributed by atoms with Gasteiger partial charge in [0, 0.05) is 25.6 Å². The number of benzene rings is 1. The molecule has 1 amide bonds. The molecule has 0 aromatic heterocycles. The Kier molecular flexibility index (Phi) is 7.83. The van der Waals surface area contributed by atoms with Gasteiger partial charge in [-0.2, -0.15) is 0 Å². The Hall–Kier alpha value is -1.55. The van der Waals surface area contributed by atoms with Gasteiger partial charge in [-0.1, -0.05) is 30.5 Å². The third-order valence-electron chi connectivity index (χ3n) is 3.61. The van der Waals surface area contributed by atoms with E-state index in [1.54, 1.807) is 12.0 Å². The first kappa shape index (κ1) is 17.5. The highest BCUT2D eigenvalue weighted by molar-refractivity contribution is 5.75. The molecule has 0 unspecified atom stereocenters. The van der Waals surface area contributed by atoms with Crippen molar-refractivity contribution >= 4 is 5.91 Å². The lowest BCUT2D eigenvalue weighted by Gasteiger charge is -2.19. The van der Waals surface area contributed by atoms with Gasteiger partial charge in [0.1, 0.15) is 5.75 Å². The normalized spacial score (nSPS) is 10.5. The second-order valence-electron chi connectivity index (χ2n) is 5.52. The number of carbonyl (C=O) groups excluding carboxylic acids is 1. The van der Waals surface area contributed by atoms with Gasteiger partial charge in [-0.05, 0) is 32.4 Å². The number of unbranched alkanes of at least 4 members (excludes halogenated alkanes) is 3. The molecule has 118 valence electrons. The van der Waals surface area contributed by atoms with Crippen molar-refractivity contribution < 1.29 is 9.53 Å². The predicted molar refractivity (Wildman–Crippen MR) is 86.3 cm³/mol. The summed E-state index contributed by atoms with van der Waals surface area (Å²) >= 11 is 0. The topological polar surface area (TPSA) is 55.6 Å². The molecule has 1 aromatic carbocycles. The number of amides is 1. The molecule has 0 heterocycles. The minimum absolute atomic E-state index is 0.186. The fraction of sp³-hybridized carbons (Fsp3) is 0.588. The van der Waals surface area contributed by atoms with Crippen LogP contribution in [-0.4, -0.2) is 31.5 Å². The summed E-state index contributed by atoms with van der Waals surface area (Å²) in [6, 6.07) is 6.04. The van der Waals surface area contributed by atoms with E-state index in [4.69, 9.17) is 10.5 Å². The molecule has 0 aliphatic rings. The van der Waals surface area contributed by atoms with Crippen molar-refractivity contribution in [3.8, 4) is 5.75 Å². The van der Waals surface area contributed by atoms with Gasteiger partial charge < -0.3 is 15.4 Å². The van der Waals surface area contributed by atoms with E-state index in [2.05, 4.69) is 6.07 Å². The van der Waals surface area contributed by atoms with Crippen LogP contribution < -0.4 is 10.5 Å². The molecule has 1 rings (SSSR count). The summed E-state index contributed by atoms with van der Waals surface area (Å²) in [4.78, 5) is 13.9. The van der Waals surface area contributed by atoms with Crippen molar-refractivity contribution in [1.29, 1.82) is 0 Å². The summed E-state index contributed by atoms with van der Waals surface area (Å²) in [5, 5.41) is 0. The Morgan fingerprint density at radius 3 is 2.62 bits per heavy atom. The highest BCUT2D eigenvalue weighted by Gasteiger charge is 2.12. The molecular weight excluding hydrogens is 264 g/mol. The molecule has 0 saturated heterocycles. The zero-order chi connectivity index (χ0) is 15.7. The molecule has 0 spiro atoms. The Balaban J connectivity index is 2.46. The summed E-state index contributed by atoms with van der Waals surface area (Å²) in [6.07, 6.45) is 4.78. The van der Waals surface area contributed by atoms with Crippen molar-refractivity contribution in [2.75, 3.05) is 20.7 Å². The summed E-state index contributed by atoms with van der Waals surface area (Å²) in [7, 11) is 3.51. The number of nitrogens with zero attached hydrogens (tertiary/aromatic N) is 1. The maximum Gasteiger partial charge on any atom is 0.222 e. The van der Waals surface area contributed by atoms with Crippen LogP contribution in [0.3, 0.4) is 0 Å². The Morgan fingerprint density at radius 1 is 1.24 bits per heavy atom. The first-order chi connectivity index (χ1) is 10.1. The average Bonchev–Trinajstić information content (AvgIpc) is 2.47. The second kappa shape index (κ2) is 9.40. The van der Waals surface area contributed by atoms with Crippen LogP contribution in [0, 0.1) is 6.92 Å². The molecular formula is C17H28N2O2. The summed E-state index contributed by atoms with van der Waals surface area (Å²) < 4.78 is 5.36. The average molecular weight is 292 g/mol. The first-order valence-electron chi connectivity index (χ1n) is 7.66. The molecule has 0 aliphatic heterocycles. The number of carbonyl (C=O) groups is 1. The zero-order valence-electron chi connectivity index (χ0n) is 13.5. The molecule has 0 aliphatic carbocycles. The maximum absolute atomic E-state index is 12.1. The number of aryl methyl sites for hydroxylation is 1. The van der Waals surface area contributed by atoms with Crippen LogP contribution in [0.4, 0.5) is 0 Å². The number of hydrogen-bond acceptors (Lipinski definition) is 3. The largest absolute Gasteiger partial charge is 0.496 e. The Morgan fingerprint density at radius 2 is 1.95 bits per heavy atom. The van der Waals surface area contributed by atoms with Gasteiger partial charge in [0.05, 0.1) is 7.11 Å². The monoisotopic (exact) mass is 292 g/mol. The number of methoxy groups -OCH3 is 1. The lowest BCUT2D eigenvalue weighted by Crippen LogP contribution is -2.26. The van der Waals surface area contributed by atoms with Crippen LogP contribution in [0.25, 0.3) is 0 Å². The summed E-state index contributed by atoms with van der Waals surface area (Å²) in [5.74, 6) is 1.02. The minimum Gasteiger partial charge on any atom is -0.496 e. The first-order valence-corrected chi connectivity index (χ1v) is 7.66. The molecule has 0 bridgehead atoms. The van der Waals surface area contributed by atoms with Gasteiger partial charge in [0.2, 0.25) is 5.91 Å². The fourth-order valence-electron chi connectivity index (χ4n) is 2.34. The van der Waals surface area contributed by atoms with E-state index < -0.39 is 0 Å². The summed E-state index contributed by atoms with van der Waals surface area (Å²) in [5.41, 5.74) is 7.68. The SMILES string of the molecule is COc1ccc(C)cc1CN(C)C(=O)CCCCCCN. The van der Waals surface area contributed by atoms with Crippen LogP contribution in [-0.2, 0) is 11.3 Å². The predicted octanol–water partition coefficient (Wildman–Crippen LogP) is 2.87. The van der Waals surface area contributed by atoms with E-state index in [1.807, 2.05) is 26.1 Å². The van der Waals surface area contributed by atoms with Crippen molar-refractivity contribution in [1.82, 2.24) is 4.90 Å². The molecule has 0 fully saturated rings. The molecule has 1 aromatic rings. The highest BCUT2D eigenvalue weighted by atomic mass is 16.5. The van der Waals surface area contributed by atoms with E-state index in [0.717, 1.165) is 43.5 Å². The highest BCUT2D eigenvalue weighted by Crippen LogP contribution is 2.21. The third-order valence-corrected chi connectivity index (χ3v) is 3.61. The molecule has 21 heavy (non-hydrogen) atoms. The van der Waals surface area contributed by atoms with E-state index >= 15 is 0 Å². The van der Waals surface area contributed by atoms with Crippen molar-refractivity contribution in [2.24, 2.45) is 5.73 Å². The molecule has 2 N–H and O–H groups in total. The van der Waals surface area contributed by atoms with E-state index in [9.17, 15) is 4.79 Å². The fourth-order valence-corrected chi connectivity index (χ4v) is 2.34. The van der Waals surface area contributed by atoms with Crippen LogP contribution in [0.5, 0.6) is 5.75 Å². The molecule has 4 nitrogen and oxygen atoms in total. The number of nitrogens with two attached hydrogens (primary N) is 1. The lowest BCUT2D eigenvalue weighted by atomic mass is 10.1. The van der Waals surface area contributed by atoms with E-state index in [0.29, 0.717) is 13.0 Å². The Bertz CT molecular complexity index is 446. The maximum atomic E-state index is 12.1. The quantitative estimate of drug-likeness (QED) is 0.712. The van der Waals surface area contributed by atoms with Gasteiger partial charge in [-0.15, -0.1) is 0 Å². The molecule has 0 saturated carbocycles. The van der Waals surface area contributed by atoms with Crippen molar-refractivity contribution in [2.45, 2.75) is 45.6 Å². The number of ether oxygens (including phenoxy) is 1. The van der Waals surface area contributed by atoms with Gasteiger partial charge >= 0.3 is 0 Å². The van der Waals surface area contributed by atoms with Gasteiger partial charge in [0.25, 0.3) is 0 Å². The second-order valence-corrected chi connectivity index (χ2v) is 5.52. The summed E-state index contributed by atoms with van der Waals surface area (Å²) in [6.45, 7) is 3.37. The molecule has 4 heteroatoms. The third kappa shape index (κ3) is 6.17. The van der Waals surface area contributed by atoms with Crippen LogP contribution >= 0.6 is 0 Å². The van der Waals surface area contributed by atoms with E-state index in [-0.39, 0.29) is 5.91 Å². The lowest BCUT2D eigenvalue weighted by molar-refractivity contribution is -0.130. The zero-order valence-corrected chi connectivity index (χ0v) is 13.5. The van der Waals surface area contributed by atoms with Gasteiger partial charge in [-0.25, -0.2) is 0 Å². The molecule has 0 atom stereocenters. The van der Waals surface area contributed by atoms with Gasteiger partial charge in [-0.3, -0.25) is 4.79 Å². The number of rotatable bonds is 9. The van der Waals surface area contributed by atoms with E-state index in [1.165, 1.54) is 5.56 Å². The van der Waals surface area contributed by atoms with Crippen LogP contribution in [0.2, 0.25) is 0 Å². The van der Waals surface area contributed by atoms with Crippen LogP contribution in [0.1, 0.15) is 43.2 Å². The smallest absolute Gasteiger partial charge is 0.222 e. The molecule has 0 radical (unpaired) electrons. The standard InChI is InChI=1S/C17H28N2O2/c1-14-9-10-16(21-3)15(12-14)13-19(2)17(20)8-6-4-5-7-11-18/h9-10,12H,4-8,11,13,18H2,1-3H3. The van der Waals surface area contributed by atoms with Crippen molar-refractivity contribution in [3.63, 3.8) is 0 Å². The number of hydrogen-bond donors (Lipinski definition) is 1. The van der Waals surface area contributed by atoms with Gasteiger partial charge in [0.15, 0.2) is 0 Å². The minimum atomic E-state index is 0.186. The van der Waals surface area contributed by atoms with Crippen molar-refractivity contribution in [3.05, 3.63) is 29.3 Å². The Labute approximate surface area is 128 Å². The van der Waals surface area contributed by atoms with Crippen LogP contribution in [0.15, 0.2) is 18.2 Å².